The van der Waals surface area contributed by atoms with Gasteiger partial charge in [-0.15, -0.1) is 0 Å². The molecule has 0 aliphatic rings. The van der Waals surface area contributed by atoms with Gasteiger partial charge in [0.2, 0.25) is 0 Å². The topological polar surface area (TPSA) is 77.5 Å². The van der Waals surface area contributed by atoms with Gasteiger partial charge in [0, 0.05) is 0 Å². The molecular formula is O5U2. The van der Waals surface area contributed by atoms with E-state index in [9.17, 15) is 8.94 Å². The average Bonchev–Trinajstić information content (AvgIpc) is 1.27. The molecule has 5 nitrogen and oxygen atoms in total. The van der Waals surface area contributed by atoms with E-state index in [2.05, 4.69) is -0.255 Å². The van der Waals surface area contributed by atoms with Gasteiger partial charge in [0.25, 0.3) is 0 Å². The third-order valence-corrected chi connectivity index (χ3v) is 14.5. The van der Waals surface area contributed by atoms with E-state index in [0.29, 0.717) is 0 Å². The summed E-state index contributed by atoms with van der Waals surface area (Å²) in [7, 11) is 0. The normalized spacial score (nSPS) is 8.00. The second-order valence-corrected chi connectivity index (χ2v) is 13.5. The van der Waals surface area contributed by atoms with E-state index in [4.69, 9.17) is 0 Å². The van der Waals surface area contributed by atoms with E-state index < -0.39 is 53.2 Å². The van der Waals surface area contributed by atoms with Crippen molar-refractivity contribution in [3.05, 3.63) is 0 Å². The van der Waals surface area contributed by atoms with Crippen LogP contribution >= 0.6 is 0 Å². The summed E-state index contributed by atoms with van der Waals surface area (Å²) in [6.45, 7) is 0. The van der Waals surface area contributed by atoms with Crippen molar-refractivity contribution in [2.45, 2.75) is 0 Å². The Bertz CT molecular complexity index is 135. The Hall–Kier alpha value is 1.26. The van der Waals surface area contributed by atoms with Crippen LogP contribution in [0.3, 0.4) is 0 Å². The molecule has 0 rings (SSSR count). The zero-order chi connectivity index (χ0) is 5.86. The first-order valence-electron chi connectivity index (χ1n) is 1.22. The molecule has 0 aromatic heterocycles. The van der Waals surface area contributed by atoms with Crippen LogP contribution in [0.5, 0.6) is 0 Å². The SMILES string of the molecule is [O]=[U](=[O])[O][U](=[O])=[O]. The predicted octanol–water partition coefficient (Wildman–Crippen LogP) is -0.544. The van der Waals surface area contributed by atoms with Gasteiger partial charge in [0.1, 0.15) is 0 Å². The third-order valence-electron chi connectivity index (χ3n) is 0.167. The van der Waals surface area contributed by atoms with Gasteiger partial charge in [-0.1, -0.05) is 0 Å². The Balaban J connectivity index is 3.77. The molecular weight excluding hydrogens is 556 g/mol. The van der Waals surface area contributed by atoms with E-state index in [-0.39, 0.29) is 0 Å². The molecule has 0 heterocycles. The summed E-state index contributed by atoms with van der Waals surface area (Å²) < 4.78 is 41.2. The molecule has 0 saturated heterocycles. The molecule has 0 aromatic carbocycles. The minimum absolute atomic E-state index is 3.47. The fourth-order valence-corrected chi connectivity index (χ4v) is 5.92. The molecule has 0 aliphatic carbocycles. The molecule has 0 bridgehead atoms. The Labute approximate surface area is 60.9 Å². The molecule has 7 heavy (non-hydrogen) atoms. The van der Waals surface area contributed by atoms with Gasteiger partial charge in [0.05, 0.1) is 0 Å². The molecule has 0 N–H and O–H groups in total. The quantitative estimate of drug-likeness (QED) is 0.457. The Morgan fingerprint density at radius 1 is 0.857 bits per heavy atom. The van der Waals surface area contributed by atoms with Crippen molar-refractivity contribution in [2.24, 2.45) is 0 Å². The molecule has 7 heteroatoms. The van der Waals surface area contributed by atoms with E-state index in [1.165, 1.54) is 0 Å². The van der Waals surface area contributed by atoms with Crippen LogP contribution in [0, 0.1) is 53.2 Å². The molecule has 0 atom stereocenters. The second kappa shape index (κ2) is 4.17. The van der Waals surface area contributed by atoms with E-state index in [1.54, 1.807) is 0 Å². The van der Waals surface area contributed by atoms with Gasteiger partial charge < -0.3 is 0 Å². The van der Waals surface area contributed by atoms with Gasteiger partial charge in [-0.3, -0.25) is 0 Å². The Morgan fingerprint density at radius 2 is 1.14 bits per heavy atom. The van der Waals surface area contributed by atoms with Crippen molar-refractivity contribution in [3.63, 3.8) is 0 Å². The molecule has 0 saturated carbocycles. The molecule has 38 valence electrons. The van der Waals surface area contributed by atoms with Crippen LogP contribution in [0.1, 0.15) is 0 Å². The maximum atomic E-state index is 9.44. The molecule has 0 amide bonds. The fourth-order valence-electron chi connectivity index (χ4n) is 0.0680. The van der Waals surface area contributed by atoms with Crippen LogP contribution in [0.25, 0.3) is 0 Å². The maximum absolute atomic E-state index is 9.44. The van der Waals surface area contributed by atoms with Crippen LogP contribution in [0.15, 0.2) is 0 Å². The minimum atomic E-state index is -4.42. The zero-order valence-electron chi connectivity index (χ0n) is 3.04. The average molecular weight is 556 g/mol. The standard InChI is InChI=1S/5O.2U. The first kappa shape index (κ1) is 8.26. The first-order chi connectivity index (χ1) is 3.13. The van der Waals surface area contributed by atoms with Gasteiger partial charge in [-0.25, -0.2) is 0 Å². The van der Waals surface area contributed by atoms with Crippen LogP contribution < -0.4 is 0 Å². The van der Waals surface area contributed by atoms with E-state index in [1.807, 2.05) is 0 Å². The molecule has 0 unspecified atom stereocenters. The second-order valence-electron chi connectivity index (χ2n) is 0.602. The predicted molar refractivity (Wildman–Crippen MR) is 3.83 cm³/mol. The monoisotopic (exact) mass is 556 g/mol. The number of hydrogen-bond acceptors (Lipinski definition) is 5. The number of rotatable bonds is 2. The fraction of sp³-hybridized carbons (Fsp3) is 0. The van der Waals surface area contributed by atoms with Gasteiger partial charge >= 0.3 is 61.9 Å². The molecule has 0 aliphatic heterocycles. The summed E-state index contributed by atoms with van der Waals surface area (Å²) in [4.78, 5) is 0. The van der Waals surface area contributed by atoms with Crippen LogP contribution in [0.2, 0.25) is 0 Å². The summed E-state index contributed by atoms with van der Waals surface area (Å²) in [6, 6.07) is 0. The van der Waals surface area contributed by atoms with Gasteiger partial charge in [-0.2, -0.15) is 0 Å². The summed E-state index contributed by atoms with van der Waals surface area (Å²) in [5, 5.41) is 0. The van der Waals surface area contributed by atoms with Crippen molar-refractivity contribution in [3.8, 4) is 0 Å². The van der Waals surface area contributed by atoms with Crippen LogP contribution in [-0.2, 0) is 8.69 Å². The summed E-state index contributed by atoms with van der Waals surface area (Å²) in [6.07, 6.45) is 0. The molecule has 0 aromatic rings. The Morgan fingerprint density at radius 3 is 1.14 bits per heavy atom. The van der Waals surface area contributed by atoms with Crippen molar-refractivity contribution in [1.29, 1.82) is 0 Å². The summed E-state index contributed by atoms with van der Waals surface area (Å²) in [5.74, 6) is 0. The zero-order valence-corrected chi connectivity index (χ0v) is 11.4. The van der Waals surface area contributed by atoms with Crippen molar-refractivity contribution in [1.82, 2.24) is 0 Å². The molecule has 0 spiro atoms. The van der Waals surface area contributed by atoms with Crippen molar-refractivity contribution < 1.29 is 61.9 Å². The molecule has 0 radical (unpaired) electrons. The van der Waals surface area contributed by atoms with Crippen molar-refractivity contribution >= 4 is 0 Å². The third kappa shape index (κ3) is 7.26. The summed E-state index contributed by atoms with van der Waals surface area (Å²) >= 11 is -8.84. The first-order valence-corrected chi connectivity index (χ1v) is 11.4. The van der Waals surface area contributed by atoms with Gasteiger partial charge in [-0.05, 0) is 0 Å². The molecule has 0 fully saturated rings. The van der Waals surface area contributed by atoms with Gasteiger partial charge in [0.15, 0.2) is 0 Å². The number of hydrogen-bond donors (Lipinski definition) is 0. The van der Waals surface area contributed by atoms with Crippen LogP contribution in [-0.4, -0.2) is 0 Å². The van der Waals surface area contributed by atoms with Crippen molar-refractivity contribution in [2.75, 3.05) is 0 Å². The van der Waals surface area contributed by atoms with Crippen LogP contribution in [0.4, 0.5) is 0 Å². The Kier molecular flexibility index (Phi) is 4.93. The summed E-state index contributed by atoms with van der Waals surface area (Å²) in [5.41, 5.74) is 0. The van der Waals surface area contributed by atoms with E-state index in [0.717, 1.165) is 0 Å². The van der Waals surface area contributed by atoms with E-state index >= 15 is 0 Å².